The van der Waals surface area contributed by atoms with E-state index in [1.165, 1.54) is 12.1 Å². The lowest BCUT2D eigenvalue weighted by atomic mass is 10.2. The maximum Gasteiger partial charge on any atom is 0.137 e. The van der Waals surface area contributed by atoms with Crippen LogP contribution in [-0.2, 0) is 0 Å². The molecule has 0 saturated heterocycles. The number of benzene rings is 1. The molecule has 0 spiro atoms. The second-order valence-corrected chi connectivity index (χ2v) is 3.79. The Bertz CT molecular complexity index is 691. The van der Waals surface area contributed by atoms with Gasteiger partial charge in [0.2, 0.25) is 0 Å². The fraction of sp³-hybridized carbons (Fsp3) is 0. The number of imidazole rings is 1. The van der Waals surface area contributed by atoms with Crippen LogP contribution in [0, 0.1) is 5.82 Å². The van der Waals surface area contributed by atoms with E-state index >= 15 is 0 Å². The Morgan fingerprint density at radius 2 is 2.00 bits per heavy atom. The van der Waals surface area contributed by atoms with E-state index in [1.807, 2.05) is 0 Å². The number of nitrogens with zero attached hydrogens (tertiary/aromatic N) is 2. The van der Waals surface area contributed by atoms with Gasteiger partial charge in [-0.2, -0.15) is 0 Å². The first-order valence-electron chi connectivity index (χ1n) is 5.16. The third-order valence-corrected chi connectivity index (χ3v) is 2.56. The summed E-state index contributed by atoms with van der Waals surface area (Å²) in [5.74, 6) is -0.122. The number of rotatable bonds is 1. The van der Waals surface area contributed by atoms with Crippen molar-refractivity contribution in [2.45, 2.75) is 0 Å². The van der Waals surface area contributed by atoms with Gasteiger partial charge in [-0.3, -0.25) is 0 Å². The van der Waals surface area contributed by atoms with Gasteiger partial charge in [0.15, 0.2) is 0 Å². The first-order valence-corrected chi connectivity index (χ1v) is 5.16. The predicted molar refractivity (Wildman–Crippen MR) is 62.3 cm³/mol. The van der Waals surface area contributed by atoms with E-state index in [-0.39, 0.29) is 11.6 Å². The number of hydrogen-bond acceptors (Lipinski definition) is 2. The average Bonchev–Trinajstić information content (AvgIpc) is 2.72. The molecule has 0 amide bonds. The predicted octanol–water partition coefficient (Wildman–Crippen LogP) is 2.85. The zero-order chi connectivity index (χ0) is 11.8. The van der Waals surface area contributed by atoms with E-state index in [4.69, 9.17) is 0 Å². The summed E-state index contributed by atoms with van der Waals surface area (Å²) < 4.78 is 14.8. The molecule has 0 atom stereocenters. The van der Waals surface area contributed by atoms with E-state index in [2.05, 4.69) is 4.98 Å². The number of aromatic hydroxyl groups is 1. The van der Waals surface area contributed by atoms with Crippen molar-refractivity contribution in [1.82, 2.24) is 9.38 Å². The van der Waals surface area contributed by atoms with Gasteiger partial charge in [0.1, 0.15) is 17.2 Å². The normalized spacial score (nSPS) is 10.9. The Morgan fingerprint density at radius 3 is 2.82 bits per heavy atom. The van der Waals surface area contributed by atoms with Crippen molar-refractivity contribution in [3.05, 3.63) is 54.6 Å². The molecule has 0 aliphatic carbocycles. The maximum absolute atomic E-state index is 13.1. The van der Waals surface area contributed by atoms with Crippen LogP contribution in [-0.4, -0.2) is 14.5 Å². The van der Waals surface area contributed by atoms with Crippen molar-refractivity contribution in [3.8, 4) is 17.0 Å². The lowest BCUT2D eigenvalue weighted by molar-refractivity contribution is 0.472. The minimum atomic E-state index is -0.289. The molecule has 17 heavy (non-hydrogen) atoms. The summed E-state index contributed by atoms with van der Waals surface area (Å²) >= 11 is 0. The zero-order valence-electron chi connectivity index (χ0n) is 8.84. The van der Waals surface area contributed by atoms with Crippen LogP contribution in [0.2, 0.25) is 0 Å². The van der Waals surface area contributed by atoms with Crippen LogP contribution in [0.1, 0.15) is 0 Å². The number of hydrogen-bond donors (Lipinski definition) is 1. The Hall–Kier alpha value is -2.36. The SMILES string of the molecule is Oc1ccc2nc(-c3cccc(F)c3)cn2c1. The number of halogens is 1. The molecule has 0 aliphatic rings. The first kappa shape index (κ1) is 9.84. The summed E-state index contributed by atoms with van der Waals surface area (Å²) in [5.41, 5.74) is 2.10. The minimum absolute atomic E-state index is 0.167. The lowest BCUT2D eigenvalue weighted by Crippen LogP contribution is -1.79. The van der Waals surface area contributed by atoms with Crippen LogP contribution < -0.4 is 0 Å². The van der Waals surface area contributed by atoms with E-state index in [0.29, 0.717) is 16.9 Å². The molecule has 84 valence electrons. The summed E-state index contributed by atoms with van der Waals surface area (Å²) in [6, 6.07) is 9.54. The fourth-order valence-corrected chi connectivity index (χ4v) is 1.77. The second kappa shape index (κ2) is 3.59. The van der Waals surface area contributed by atoms with Gasteiger partial charge in [0.25, 0.3) is 0 Å². The van der Waals surface area contributed by atoms with Crippen molar-refractivity contribution >= 4 is 5.65 Å². The summed E-state index contributed by atoms with van der Waals surface area (Å²) in [4.78, 5) is 4.35. The summed E-state index contributed by atoms with van der Waals surface area (Å²) in [7, 11) is 0. The molecule has 0 saturated carbocycles. The van der Waals surface area contributed by atoms with Gasteiger partial charge in [-0.15, -0.1) is 0 Å². The molecule has 0 radical (unpaired) electrons. The van der Waals surface area contributed by atoms with Crippen LogP contribution in [0.5, 0.6) is 5.75 Å². The quantitative estimate of drug-likeness (QED) is 0.695. The average molecular weight is 228 g/mol. The molecule has 2 aromatic heterocycles. The van der Waals surface area contributed by atoms with Crippen molar-refractivity contribution in [1.29, 1.82) is 0 Å². The first-order chi connectivity index (χ1) is 8.22. The molecular formula is C13H9FN2O. The fourth-order valence-electron chi connectivity index (χ4n) is 1.77. The van der Waals surface area contributed by atoms with Gasteiger partial charge in [-0.05, 0) is 24.3 Å². The van der Waals surface area contributed by atoms with E-state index < -0.39 is 0 Å². The Balaban J connectivity index is 2.18. The van der Waals surface area contributed by atoms with E-state index in [9.17, 15) is 9.50 Å². The van der Waals surface area contributed by atoms with Crippen molar-refractivity contribution in [2.75, 3.05) is 0 Å². The highest BCUT2D eigenvalue weighted by Gasteiger charge is 2.05. The van der Waals surface area contributed by atoms with E-state index in [1.54, 1.807) is 41.1 Å². The van der Waals surface area contributed by atoms with Gasteiger partial charge in [0.05, 0.1) is 11.9 Å². The largest absolute Gasteiger partial charge is 0.506 e. The summed E-state index contributed by atoms with van der Waals surface area (Å²) in [6.07, 6.45) is 3.31. The third-order valence-electron chi connectivity index (χ3n) is 2.56. The monoisotopic (exact) mass is 228 g/mol. The molecule has 3 nitrogen and oxygen atoms in total. The van der Waals surface area contributed by atoms with Crippen molar-refractivity contribution in [2.24, 2.45) is 0 Å². The topological polar surface area (TPSA) is 37.5 Å². The van der Waals surface area contributed by atoms with Crippen LogP contribution in [0.4, 0.5) is 4.39 Å². The van der Waals surface area contributed by atoms with Gasteiger partial charge < -0.3 is 9.51 Å². The lowest BCUT2D eigenvalue weighted by Gasteiger charge is -1.94. The second-order valence-electron chi connectivity index (χ2n) is 3.79. The standard InChI is InChI=1S/C13H9FN2O/c14-10-3-1-2-9(6-10)12-8-16-7-11(17)4-5-13(16)15-12/h1-8,17H. The molecular weight excluding hydrogens is 219 g/mol. The van der Waals surface area contributed by atoms with Crippen molar-refractivity contribution in [3.63, 3.8) is 0 Å². The molecule has 2 heterocycles. The van der Waals surface area contributed by atoms with Gasteiger partial charge in [-0.1, -0.05) is 12.1 Å². The van der Waals surface area contributed by atoms with Crippen LogP contribution >= 0.6 is 0 Å². The van der Waals surface area contributed by atoms with Gasteiger partial charge in [0, 0.05) is 11.8 Å². The van der Waals surface area contributed by atoms with Gasteiger partial charge in [-0.25, -0.2) is 9.37 Å². The van der Waals surface area contributed by atoms with E-state index in [0.717, 1.165) is 0 Å². The molecule has 0 fully saturated rings. The van der Waals surface area contributed by atoms with Crippen LogP contribution in [0.15, 0.2) is 48.8 Å². The Morgan fingerprint density at radius 1 is 1.12 bits per heavy atom. The molecule has 4 heteroatoms. The number of pyridine rings is 1. The molecule has 0 unspecified atom stereocenters. The van der Waals surface area contributed by atoms with Crippen LogP contribution in [0.3, 0.4) is 0 Å². The summed E-state index contributed by atoms with van der Waals surface area (Å²) in [5, 5.41) is 9.35. The maximum atomic E-state index is 13.1. The van der Waals surface area contributed by atoms with Crippen molar-refractivity contribution < 1.29 is 9.50 Å². The molecule has 0 bridgehead atoms. The van der Waals surface area contributed by atoms with Gasteiger partial charge >= 0.3 is 0 Å². The molecule has 0 aliphatic heterocycles. The zero-order valence-corrected chi connectivity index (χ0v) is 8.84. The summed E-state index contributed by atoms with van der Waals surface area (Å²) in [6.45, 7) is 0. The Kier molecular flexibility index (Phi) is 2.08. The molecule has 1 N–H and O–H groups in total. The third kappa shape index (κ3) is 1.73. The van der Waals surface area contributed by atoms with Crippen LogP contribution in [0.25, 0.3) is 16.9 Å². The molecule has 3 aromatic rings. The molecule has 3 rings (SSSR count). The highest BCUT2D eigenvalue weighted by molar-refractivity contribution is 5.62. The highest BCUT2D eigenvalue weighted by Crippen LogP contribution is 2.21. The highest BCUT2D eigenvalue weighted by atomic mass is 19.1. The Labute approximate surface area is 96.8 Å². The minimum Gasteiger partial charge on any atom is -0.506 e. The smallest absolute Gasteiger partial charge is 0.137 e. The number of aromatic nitrogens is 2. The molecule has 1 aromatic carbocycles. The number of fused-ring (bicyclic) bond motifs is 1.